The van der Waals surface area contributed by atoms with Gasteiger partial charge in [0.25, 0.3) is 0 Å². The van der Waals surface area contributed by atoms with Crippen LogP contribution in [-0.4, -0.2) is 19.5 Å². The largest absolute Gasteiger partial charge is 0.309 e. The average Bonchev–Trinajstić information content (AvgIpc) is 3.38. The summed E-state index contributed by atoms with van der Waals surface area (Å²) in [4.78, 5) is 14.5. The maximum Gasteiger partial charge on any atom is 0.165 e. The minimum Gasteiger partial charge on any atom is -0.309 e. The molecular weight excluding hydrogens is 504 g/mol. The lowest BCUT2D eigenvalue weighted by atomic mass is 10.1. The van der Waals surface area contributed by atoms with Crippen molar-refractivity contribution in [3.8, 4) is 52.0 Å². The van der Waals surface area contributed by atoms with Crippen LogP contribution in [0.15, 0.2) is 121 Å². The quantitative estimate of drug-likeness (QED) is 0.235. The number of nitrogens with zero attached hydrogens (tertiary/aromatic N) is 6. The summed E-state index contributed by atoms with van der Waals surface area (Å²) in [5, 5.41) is 21.7. The van der Waals surface area contributed by atoms with Gasteiger partial charge in [-0.3, -0.25) is 0 Å². The standard InChI is InChI=1S/C35H20N6/c36-21-23-15-18-32-30(19-23)28-13-7-8-14-31(28)41(32)27-17-16-26(22-37)29(20-27)35-39-33(24-9-3-1-4-10-24)38-34(40-35)25-11-5-2-6-12-25/h1-20H. The minimum absolute atomic E-state index is 0.420. The Balaban J connectivity index is 1.49. The highest BCUT2D eigenvalue weighted by Gasteiger charge is 2.18. The van der Waals surface area contributed by atoms with Crippen molar-refractivity contribution in [3.63, 3.8) is 0 Å². The summed E-state index contributed by atoms with van der Waals surface area (Å²) < 4.78 is 2.15. The topological polar surface area (TPSA) is 91.2 Å². The molecular formula is C35H20N6. The van der Waals surface area contributed by atoms with E-state index in [2.05, 4.69) is 28.8 Å². The molecule has 6 nitrogen and oxygen atoms in total. The van der Waals surface area contributed by atoms with Crippen molar-refractivity contribution in [2.24, 2.45) is 0 Å². The van der Waals surface area contributed by atoms with E-state index >= 15 is 0 Å². The molecule has 2 heterocycles. The molecule has 5 aromatic carbocycles. The van der Waals surface area contributed by atoms with Crippen LogP contribution in [0.25, 0.3) is 61.7 Å². The monoisotopic (exact) mass is 524 g/mol. The predicted octanol–water partition coefficient (Wildman–Crippen LogP) is 7.71. The smallest absolute Gasteiger partial charge is 0.165 e. The van der Waals surface area contributed by atoms with Crippen molar-refractivity contribution in [2.75, 3.05) is 0 Å². The van der Waals surface area contributed by atoms with Crippen LogP contribution in [0.4, 0.5) is 0 Å². The zero-order valence-electron chi connectivity index (χ0n) is 21.7. The Hall–Kier alpha value is -6.11. The molecule has 0 radical (unpaired) electrons. The van der Waals surface area contributed by atoms with Gasteiger partial charge in [-0.1, -0.05) is 78.9 Å². The van der Waals surface area contributed by atoms with Crippen LogP contribution in [0, 0.1) is 22.7 Å². The van der Waals surface area contributed by atoms with Crippen LogP contribution in [0.3, 0.4) is 0 Å². The summed E-state index contributed by atoms with van der Waals surface area (Å²) in [5.74, 6) is 1.48. The Morgan fingerprint density at radius 1 is 0.512 bits per heavy atom. The first-order valence-corrected chi connectivity index (χ1v) is 13.1. The summed E-state index contributed by atoms with van der Waals surface area (Å²) in [6.07, 6.45) is 0. The van der Waals surface area contributed by atoms with Crippen molar-refractivity contribution in [2.45, 2.75) is 0 Å². The Morgan fingerprint density at radius 2 is 1.12 bits per heavy atom. The maximum atomic E-state index is 10.1. The van der Waals surface area contributed by atoms with Crippen LogP contribution in [0.2, 0.25) is 0 Å². The number of para-hydroxylation sites is 1. The average molecular weight is 525 g/mol. The van der Waals surface area contributed by atoms with Crippen molar-refractivity contribution >= 4 is 21.8 Å². The molecule has 7 aromatic rings. The Bertz CT molecular complexity index is 2110. The molecule has 0 unspecified atom stereocenters. The molecule has 0 N–H and O–H groups in total. The first-order valence-electron chi connectivity index (χ1n) is 13.1. The number of hydrogen-bond donors (Lipinski definition) is 0. The molecule has 6 heteroatoms. The number of nitriles is 2. The van der Waals surface area contributed by atoms with E-state index in [0.717, 1.165) is 38.6 Å². The van der Waals surface area contributed by atoms with Gasteiger partial charge in [-0.25, -0.2) is 15.0 Å². The molecule has 7 rings (SSSR count). The maximum absolute atomic E-state index is 10.1. The van der Waals surface area contributed by atoms with E-state index in [1.165, 1.54) is 0 Å². The summed E-state index contributed by atoms with van der Waals surface area (Å²) in [6.45, 7) is 0. The number of rotatable bonds is 4. The first kappa shape index (κ1) is 24.0. The summed E-state index contributed by atoms with van der Waals surface area (Å²) in [7, 11) is 0. The molecule has 0 atom stereocenters. The molecule has 0 bridgehead atoms. The molecule has 0 fully saturated rings. The van der Waals surface area contributed by atoms with Crippen molar-refractivity contribution in [1.82, 2.24) is 19.5 Å². The van der Waals surface area contributed by atoms with Crippen LogP contribution in [-0.2, 0) is 0 Å². The summed E-state index contributed by atoms with van der Waals surface area (Å²) >= 11 is 0. The molecule has 0 saturated carbocycles. The van der Waals surface area contributed by atoms with Crippen LogP contribution < -0.4 is 0 Å². The van der Waals surface area contributed by atoms with E-state index in [9.17, 15) is 10.5 Å². The third kappa shape index (κ3) is 4.17. The van der Waals surface area contributed by atoms with Crippen molar-refractivity contribution < 1.29 is 0 Å². The zero-order valence-corrected chi connectivity index (χ0v) is 21.7. The normalized spacial score (nSPS) is 10.9. The number of aromatic nitrogens is 4. The molecule has 0 amide bonds. The predicted molar refractivity (Wildman–Crippen MR) is 160 cm³/mol. The van der Waals surface area contributed by atoms with E-state index < -0.39 is 0 Å². The van der Waals surface area contributed by atoms with Gasteiger partial charge in [-0.15, -0.1) is 0 Å². The molecule has 41 heavy (non-hydrogen) atoms. The molecule has 190 valence electrons. The molecule has 0 aliphatic rings. The SMILES string of the molecule is N#Cc1ccc2c(c1)c1ccccc1n2-c1ccc(C#N)c(-c2nc(-c3ccccc3)nc(-c3ccccc3)n2)c1. The van der Waals surface area contributed by atoms with Crippen molar-refractivity contribution in [1.29, 1.82) is 10.5 Å². The Labute approximate surface area is 236 Å². The highest BCUT2D eigenvalue weighted by atomic mass is 15.0. The minimum atomic E-state index is 0.420. The highest BCUT2D eigenvalue weighted by molar-refractivity contribution is 6.09. The fraction of sp³-hybridized carbons (Fsp3) is 0. The third-order valence-corrected chi connectivity index (χ3v) is 7.12. The van der Waals surface area contributed by atoms with Gasteiger partial charge < -0.3 is 4.57 Å². The fourth-order valence-corrected chi connectivity index (χ4v) is 5.20. The fourth-order valence-electron chi connectivity index (χ4n) is 5.20. The molecule has 0 aliphatic heterocycles. The number of benzene rings is 5. The van der Waals surface area contributed by atoms with E-state index in [0.29, 0.717) is 34.2 Å². The van der Waals surface area contributed by atoms with E-state index in [1.54, 1.807) is 0 Å². The molecule has 0 spiro atoms. The Morgan fingerprint density at radius 3 is 1.78 bits per heavy atom. The molecule has 2 aromatic heterocycles. The molecule has 0 saturated heterocycles. The van der Waals surface area contributed by atoms with Gasteiger partial charge in [-0.2, -0.15) is 10.5 Å². The Kier molecular flexibility index (Phi) is 5.78. The van der Waals surface area contributed by atoms with Crippen LogP contribution in [0.1, 0.15) is 11.1 Å². The summed E-state index contributed by atoms with van der Waals surface area (Å²) in [5.41, 5.74) is 6.22. The lowest BCUT2D eigenvalue weighted by molar-refractivity contribution is 1.07. The van der Waals surface area contributed by atoms with Gasteiger partial charge in [-0.05, 0) is 42.5 Å². The lowest BCUT2D eigenvalue weighted by Gasteiger charge is -2.12. The van der Waals surface area contributed by atoms with E-state index in [-0.39, 0.29) is 0 Å². The molecule has 0 aliphatic carbocycles. The van der Waals surface area contributed by atoms with Gasteiger partial charge in [0.05, 0.1) is 34.3 Å². The van der Waals surface area contributed by atoms with Crippen LogP contribution >= 0.6 is 0 Å². The van der Waals surface area contributed by atoms with Gasteiger partial charge in [0, 0.05) is 33.2 Å². The third-order valence-electron chi connectivity index (χ3n) is 7.12. The zero-order chi connectivity index (χ0) is 27.8. The number of fused-ring (bicyclic) bond motifs is 3. The van der Waals surface area contributed by atoms with Gasteiger partial charge in [0.1, 0.15) is 0 Å². The first-order chi connectivity index (χ1) is 20.2. The number of hydrogen-bond acceptors (Lipinski definition) is 5. The second kappa shape index (κ2) is 9.89. The van der Waals surface area contributed by atoms with Gasteiger partial charge in [0.2, 0.25) is 0 Å². The van der Waals surface area contributed by atoms with Crippen LogP contribution in [0.5, 0.6) is 0 Å². The van der Waals surface area contributed by atoms with E-state index in [1.807, 2.05) is 109 Å². The highest BCUT2D eigenvalue weighted by Crippen LogP contribution is 2.35. The summed E-state index contributed by atoms with van der Waals surface area (Å²) in [6, 6.07) is 43.6. The second-order valence-corrected chi connectivity index (χ2v) is 9.58. The van der Waals surface area contributed by atoms with Crippen molar-refractivity contribution in [3.05, 3.63) is 132 Å². The second-order valence-electron chi connectivity index (χ2n) is 9.58. The van der Waals surface area contributed by atoms with E-state index in [4.69, 9.17) is 15.0 Å². The van der Waals surface area contributed by atoms with Gasteiger partial charge >= 0.3 is 0 Å². The lowest BCUT2D eigenvalue weighted by Crippen LogP contribution is -2.02. The van der Waals surface area contributed by atoms with Gasteiger partial charge in [0.15, 0.2) is 17.5 Å².